The number of hydrogen-bond acceptors (Lipinski definition) is 2. The second-order valence-corrected chi connectivity index (χ2v) is 3.93. The molecule has 16 heavy (non-hydrogen) atoms. The summed E-state index contributed by atoms with van der Waals surface area (Å²) >= 11 is 6.01. The van der Waals surface area contributed by atoms with Gasteiger partial charge in [0.05, 0.1) is 10.5 Å². The van der Waals surface area contributed by atoms with Crippen LogP contribution in [0.1, 0.15) is 23.7 Å². The lowest BCUT2D eigenvalue weighted by atomic mass is 10.1. The van der Waals surface area contributed by atoms with Crippen LogP contribution >= 0.6 is 11.6 Å². The van der Waals surface area contributed by atoms with Gasteiger partial charge in [-0.05, 0) is 18.2 Å². The molecule has 0 aliphatic rings. The Morgan fingerprint density at radius 3 is 2.81 bits per heavy atom. The SMILES string of the molecule is CCC(=O)c1cc(Cl)c2[nH]c(=O)ccc2c1. The van der Waals surface area contributed by atoms with Crippen molar-refractivity contribution in [1.29, 1.82) is 0 Å². The van der Waals surface area contributed by atoms with Crippen molar-refractivity contribution in [3.63, 3.8) is 0 Å². The molecule has 0 saturated carbocycles. The van der Waals surface area contributed by atoms with Gasteiger partial charge in [-0.3, -0.25) is 9.59 Å². The molecule has 0 spiro atoms. The Morgan fingerprint density at radius 2 is 2.12 bits per heavy atom. The predicted octanol–water partition coefficient (Wildman–Crippen LogP) is 2.77. The normalized spacial score (nSPS) is 10.6. The van der Waals surface area contributed by atoms with Crippen molar-refractivity contribution < 1.29 is 4.79 Å². The molecule has 0 unspecified atom stereocenters. The lowest BCUT2D eigenvalue weighted by Gasteiger charge is -2.03. The van der Waals surface area contributed by atoms with Gasteiger partial charge in [-0.25, -0.2) is 0 Å². The summed E-state index contributed by atoms with van der Waals surface area (Å²) in [7, 11) is 0. The van der Waals surface area contributed by atoms with Gasteiger partial charge in [0, 0.05) is 23.4 Å². The van der Waals surface area contributed by atoms with E-state index in [1.807, 2.05) is 0 Å². The summed E-state index contributed by atoms with van der Waals surface area (Å²) in [5.74, 6) is 0.0370. The maximum atomic E-state index is 11.5. The molecule has 0 fully saturated rings. The Labute approximate surface area is 97.1 Å². The Kier molecular flexibility index (Phi) is 2.79. The van der Waals surface area contributed by atoms with E-state index in [1.165, 1.54) is 6.07 Å². The van der Waals surface area contributed by atoms with Crippen LogP contribution in [0, 0.1) is 0 Å². The molecule has 4 heteroatoms. The molecule has 0 amide bonds. The molecule has 0 bridgehead atoms. The first-order chi connectivity index (χ1) is 7.61. The largest absolute Gasteiger partial charge is 0.321 e. The Hall–Kier alpha value is -1.61. The van der Waals surface area contributed by atoms with Crippen LogP contribution in [0.4, 0.5) is 0 Å². The van der Waals surface area contributed by atoms with E-state index in [4.69, 9.17) is 11.6 Å². The molecular formula is C12H10ClNO2. The molecule has 0 radical (unpaired) electrons. The number of carbonyl (C=O) groups excluding carboxylic acids is 1. The Morgan fingerprint density at radius 1 is 1.38 bits per heavy atom. The molecule has 0 aliphatic heterocycles. The minimum absolute atomic E-state index is 0.0370. The van der Waals surface area contributed by atoms with Gasteiger partial charge in [0.1, 0.15) is 0 Å². The van der Waals surface area contributed by atoms with E-state index in [2.05, 4.69) is 4.98 Å². The van der Waals surface area contributed by atoms with Crippen LogP contribution in [0.3, 0.4) is 0 Å². The third kappa shape index (κ3) is 1.86. The maximum Gasteiger partial charge on any atom is 0.248 e. The van der Waals surface area contributed by atoms with Crippen LogP contribution in [0.5, 0.6) is 0 Å². The molecule has 1 N–H and O–H groups in total. The number of ketones is 1. The molecular weight excluding hydrogens is 226 g/mol. The average molecular weight is 236 g/mol. The molecule has 1 aromatic carbocycles. The number of carbonyl (C=O) groups is 1. The van der Waals surface area contributed by atoms with E-state index in [-0.39, 0.29) is 11.3 Å². The zero-order chi connectivity index (χ0) is 11.7. The molecule has 2 rings (SSSR count). The number of hydrogen-bond donors (Lipinski definition) is 1. The Bertz CT molecular complexity index is 616. The number of H-pyrrole nitrogens is 1. The lowest BCUT2D eigenvalue weighted by molar-refractivity contribution is 0.0988. The van der Waals surface area contributed by atoms with Gasteiger partial charge in [0.25, 0.3) is 0 Å². The molecule has 0 atom stereocenters. The molecule has 82 valence electrons. The quantitative estimate of drug-likeness (QED) is 0.814. The average Bonchev–Trinajstić information content (AvgIpc) is 2.28. The number of pyridine rings is 1. The molecule has 0 saturated heterocycles. The minimum Gasteiger partial charge on any atom is -0.321 e. The molecule has 1 aromatic heterocycles. The van der Waals surface area contributed by atoms with Crippen molar-refractivity contribution in [3.05, 3.63) is 45.2 Å². The molecule has 0 aliphatic carbocycles. The van der Waals surface area contributed by atoms with E-state index in [0.717, 1.165) is 5.39 Å². The van der Waals surface area contributed by atoms with Gasteiger partial charge in [-0.1, -0.05) is 18.5 Å². The number of aromatic amines is 1. The van der Waals surface area contributed by atoms with Crippen LogP contribution in [0.15, 0.2) is 29.1 Å². The molecule has 1 heterocycles. The zero-order valence-corrected chi connectivity index (χ0v) is 9.47. The standard InChI is InChI=1S/C12H10ClNO2/c1-2-10(15)8-5-7-3-4-11(16)14-12(7)9(13)6-8/h3-6H,2H2,1H3,(H,14,16). The van der Waals surface area contributed by atoms with Crippen molar-refractivity contribution in [2.45, 2.75) is 13.3 Å². The van der Waals surface area contributed by atoms with Gasteiger partial charge in [0.2, 0.25) is 5.56 Å². The zero-order valence-electron chi connectivity index (χ0n) is 8.71. The van der Waals surface area contributed by atoms with Crippen molar-refractivity contribution in [2.24, 2.45) is 0 Å². The molecule has 3 nitrogen and oxygen atoms in total. The minimum atomic E-state index is -0.205. The number of halogens is 1. The first kappa shape index (κ1) is 10.9. The van der Waals surface area contributed by atoms with Gasteiger partial charge >= 0.3 is 0 Å². The second kappa shape index (κ2) is 4.10. The fourth-order valence-corrected chi connectivity index (χ4v) is 1.86. The van der Waals surface area contributed by atoms with Crippen LogP contribution < -0.4 is 5.56 Å². The third-order valence-corrected chi connectivity index (χ3v) is 2.72. The highest BCUT2D eigenvalue weighted by Crippen LogP contribution is 2.23. The maximum absolute atomic E-state index is 11.5. The highest BCUT2D eigenvalue weighted by molar-refractivity contribution is 6.35. The van der Waals surface area contributed by atoms with E-state index in [1.54, 1.807) is 25.1 Å². The molecule has 2 aromatic rings. The second-order valence-electron chi connectivity index (χ2n) is 3.52. The van der Waals surface area contributed by atoms with E-state index in [0.29, 0.717) is 22.5 Å². The first-order valence-electron chi connectivity index (χ1n) is 4.97. The fourth-order valence-electron chi connectivity index (χ4n) is 1.59. The summed E-state index contributed by atoms with van der Waals surface area (Å²) in [5.41, 5.74) is 0.942. The number of aromatic nitrogens is 1. The van der Waals surface area contributed by atoms with E-state index in [9.17, 15) is 9.59 Å². The third-order valence-electron chi connectivity index (χ3n) is 2.43. The number of fused-ring (bicyclic) bond motifs is 1. The van der Waals surface area contributed by atoms with Gasteiger partial charge in [-0.2, -0.15) is 0 Å². The van der Waals surface area contributed by atoms with Crippen molar-refractivity contribution in [2.75, 3.05) is 0 Å². The van der Waals surface area contributed by atoms with Crippen LogP contribution in [-0.4, -0.2) is 10.8 Å². The van der Waals surface area contributed by atoms with Gasteiger partial charge in [-0.15, -0.1) is 0 Å². The highest BCUT2D eigenvalue weighted by Gasteiger charge is 2.08. The van der Waals surface area contributed by atoms with Crippen molar-refractivity contribution in [3.8, 4) is 0 Å². The van der Waals surface area contributed by atoms with Crippen LogP contribution in [0.2, 0.25) is 5.02 Å². The first-order valence-corrected chi connectivity index (χ1v) is 5.35. The van der Waals surface area contributed by atoms with Crippen LogP contribution in [0.25, 0.3) is 10.9 Å². The van der Waals surface area contributed by atoms with E-state index < -0.39 is 0 Å². The number of nitrogens with one attached hydrogen (secondary N) is 1. The van der Waals surface area contributed by atoms with Gasteiger partial charge in [0.15, 0.2) is 5.78 Å². The van der Waals surface area contributed by atoms with Crippen LogP contribution in [-0.2, 0) is 0 Å². The smallest absolute Gasteiger partial charge is 0.248 e. The van der Waals surface area contributed by atoms with E-state index >= 15 is 0 Å². The highest BCUT2D eigenvalue weighted by atomic mass is 35.5. The topological polar surface area (TPSA) is 49.9 Å². The fraction of sp³-hybridized carbons (Fsp3) is 0.167. The Balaban J connectivity index is 2.73. The predicted molar refractivity (Wildman–Crippen MR) is 64.2 cm³/mol. The summed E-state index contributed by atoms with van der Waals surface area (Å²) < 4.78 is 0. The summed E-state index contributed by atoms with van der Waals surface area (Å²) in [4.78, 5) is 25.3. The monoisotopic (exact) mass is 235 g/mol. The summed E-state index contributed by atoms with van der Waals surface area (Å²) in [6, 6.07) is 6.40. The summed E-state index contributed by atoms with van der Waals surface area (Å²) in [6.45, 7) is 1.80. The summed E-state index contributed by atoms with van der Waals surface area (Å²) in [6.07, 6.45) is 0.436. The number of rotatable bonds is 2. The number of benzene rings is 1. The van der Waals surface area contributed by atoms with Crippen molar-refractivity contribution in [1.82, 2.24) is 4.98 Å². The number of Topliss-reactive ketones (excluding diaryl/α,β-unsaturated/α-hetero) is 1. The van der Waals surface area contributed by atoms with Crippen molar-refractivity contribution >= 4 is 28.3 Å². The summed E-state index contributed by atoms with van der Waals surface area (Å²) in [5, 5.41) is 1.16. The lowest BCUT2D eigenvalue weighted by Crippen LogP contribution is -2.04. The van der Waals surface area contributed by atoms with Gasteiger partial charge < -0.3 is 4.98 Å².